The van der Waals surface area contributed by atoms with Crippen molar-refractivity contribution in [1.29, 1.82) is 0 Å². The molecule has 1 atom stereocenters. The fourth-order valence-electron chi connectivity index (χ4n) is 4.89. The molecule has 3 aliphatic rings. The Bertz CT molecular complexity index is 786. The predicted molar refractivity (Wildman–Crippen MR) is 102 cm³/mol. The number of nitrogens with zero attached hydrogens (tertiary/aromatic N) is 2. The molecule has 0 unspecified atom stereocenters. The molecule has 1 aromatic rings. The van der Waals surface area contributed by atoms with Crippen molar-refractivity contribution in [2.75, 3.05) is 26.2 Å². The highest BCUT2D eigenvalue weighted by Crippen LogP contribution is 2.36. The Morgan fingerprint density at radius 3 is 2.57 bits per heavy atom. The van der Waals surface area contributed by atoms with E-state index in [9.17, 15) is 19.5 Å². The van der Waals surface area contributed by atoms with E-state index >= 15 is 0 Å². The van der Waals surface area contributed by atoms with Crippen molar-refractivity contribution >= 4 is 17.8 Å². The summed E-state index contributed by atoms with van der Waals surface area (Å²) in [5.41, 5.74) is 1.96. The van der Waals surface area contributed by atoms with Gasteiger partial charge in [-0.05, 0) is 30.4 Å². The first-order valence-corrected chi connectivity index (χ1v) is 10.1. The van der Waals surface area contributed by atoms with Crippen LogP contribution in [0.5, 0.6) is 0 Å². The predicted octanol–water partition coefficient (Wildman–Crippen LogP) is 1.02. The zero-order valence-corrected chi connectivity index (χ0v) is 16.0. The molecule has 0 radical (unpaired) electrons. The number of fused-ring (bicyclic) bond motifs is 1. The summed E-state index contributed by atoms with van der Waals surface area (Å²) in [6, 6.07) is 8.28. The fraction of sp³-hybridized carbons (Fsp3) is 0.571. The van der Waals surface area contributed by atoms with Gasteiger partial charge in [-0.15, -0.1) is 0 Å². The van der Waals surface area contributed by atoms with Crippen molar-refractivity contribution in [2.45, 2.75) is 44.2 Å². The first-order chi connectivity index (χ1) is 13.5. The maximum atomic E-state index is 12.6. The van der Waals surface area contributed by atoms with E-state index < -0.39 is 17.4 Å². The third-order valence-electron chi connectivity index (χ3n) is 6.62. The fourth-order valence-corrected chi connectivity index (χ4v) is 4.89. The number of benzene rings is 1. The maximum absolute atomic E-state index is 12.6. The molecular weight excluding hydrogens is 358 g/mol. The van der Waals surface area contributed by atoms with Crippen LogP contribution in [0.15, 0.2) is 24.3 Å². The third-order valence-corrected chi connectivity index (χ3v) is 6.62. The number of carboxylic acid groups (broad SMARTS) is 1. The number of hydrogen-bond donors (Lipinski definition) is 2. The molecule has 2 amide bonds. The first-order valence-electron chi connectivity index (χ1n) is 10.1. The van der Waals surface area contributed by atoms with E-state index in [1.807, 2.05) is 17.0 Å². The quantitative estimate of drug-likeness (QED) is 0.808. The van der Waals surface area contributed by atoms with Crippen LogP contribution in [0.1, 0.15) is 36.8 Å². The lowest BCUT2D eigenvalue weighted by Crippen LogP contribution is -2.55. The lowest BCUT2D eigenvalue weighted by molar-refractivity contribution is -0.144. The van der Waals surface area contributed by atoms with Crippen molar-refractivity contribution in [2.24, 2.45) is 5.92 Å². The zero-order chi connectivity index (χ0) is 19.7. The number of amides is 2. The molecule has 7 nitrogen and oxygen atoms in total. The van der Waals surface area contributed by atoms with E-state index in [0.717, 1.165) is 13.0 Å². The molecule has 28 heavy (non-hydrogen) atoms. The summed E-state index contributed by atoms with van der Waals surface area (Å²) in [7, 11) is 0. The number of carboxylic acids is 1. The van der Waals surface area contributed by atoms with Crippen LogP contribution >= 0.6 is 0 Å². The number of piperidine rings is 1. The standard InChI is InChI=1S/C21H27N3O4/c25-18-13-17(20(27)28)21(22-18)7-11-23(12-8-21)9-6-19(26)24-10-5-15-3-1-2-4-16(15)14-24/h1-4,17H,5-14H2,(H,22,25)(H,27,28)/t17-/m1/s1. The van der Waals surface area contributed by atoms with Crippen molar-refractivity contribution in [3.63, 3.8) is 0 Å². The molecule has 2 N–H and O–H groups in total. The molecule has 0 saturated carbocycles. The monoisotopic (exact) mass is 385 g/mol. The normalized spacial score (nSPS) is 24.1. The van der Waals surface area contributed by atoms with E-state index in [1.54, 1.807) is 0 Å². The Morgan fingerprint density at radius 2 is 1.86 bits per heavy atom. The van der Waals surface area contributed by atoms with Gasteiger partial charge in [-0.3, -0.25) is 14.4 Å². The van der Waals surface area contributed by atoms with Gasteiger partial charge >= 0.3 is 5.97 Å². The van der Waals surface area contributed by atoms with Crippen LogP contribution in [-0.2, 0) is 27.3 Å². The average molecular weight is 385 g/mol. The summed E-state index contributed by atoms with van der Waals surface area (Å²) in [5, 5.41) is 12.4. The van der Waals surface area contributed by atoms with Crippen LogP contribution in [0.3, 0.4) is 0 Å². The summed E-state index contributed by atoms with van der Waals surface area (Å²) in [4.78, 5) is 40.1. The van der Waals surface area contributed by atoms with Crippen molar-refractivity contribution < 1.29 is 19.5 Å². The van der Waals surface area contributed by atoms with E-state index in [1.165, 1.54) is 11.1 Å². The highest BCUT2D eigenvalue weighted by atomic mass is 16.4. The van der Waals surface area contributed by atoms with E-state index in [0.29, 0.717) is 45.4 Å². The summed E-state index contributed by atoms with van der Waals surface area (Å²) >= 11 is 0. The average Bonchev–Trinajstić information content (AvgIpc) is 3.03. The Morgan fingerprint density at radius 1 is 1.14 bits per heavy atom. The molecule has 3 heterocycles. The van der Waals surface area contributed by atoms with Gasteiger partial charge in [-0.2, -0.15) is 0 Å². The van der Waals surface area contributed by atoms with E-state index in [-0.39, 0.29) is 18.2 Å². The molecule has 1 aromatic carbocycles. The van der Waals surface area contributed by atoms with Gasteiger partial charge in [-0.25, -0.2) is 0 Å². The molecule has 2 saturated heterocycles. The molecular formula is C21H27N3O4. The lowest BCUT2D eigenvalue weighted by Gasteiger charge is -2.41. The third kappa shape index (κ3) is 3.63. The minimum absolute atomic E-state index is 0.0737. The number of hydrogen-bond acceptors (Lipinski definition) is 4. The Hall–Kier alpha value is -2.41. The van der Waals surface area contributed by atoms with Crippen molar-refractivity contribution in [1.82, 2.24) is 15.1 Å². The number of likely N-dealkylation sites (tertiary alicyclic amines) is 1. The van der Waals surface area contributed by atoms with Crippen LogP contribution in [0.2, 0.25) is 0 Å². The zero-order valence-electron chi connectivity index (χ0n) is 16.0. The minimum atomic E-state index is -0.896. The lowest BCUT2D eigenvalue weighted by atomic mass is 9.77. The summed E-state index contributed by atoms with van der Waals surface area (Å²) < 4.78 is 0. The molecule has 2 fully saturated rings. The number of rotatable bonds is 4. The molecule has 150 valence electrons. The topological polar surface area (TPSA) is 90.0 Å². The van der Waals surface area contributed by atoms with Crippen LogP contribution in [-0.4, -0.2) is 64.4 Å². The number of carbonyl (C=O) groups is 3. The second kappa shape index (κ2) is 7.54. The van der Waals surface area contributed by atoms with Crippen molar-refractivity contribution in [3.05, 3.63) is 35.4 Å². The van der Waals surface area contributed by atoms with E-state index in [2.05, 4.69) is 22.3 Å². The second-order valence-electron chi connectivity index (χ2n) is 8.22. The van der Waals surface area contributed by atoms with Crippen LogP contribution in [0.4, 0.5) is 0 Å². The van der Waals surface area contributed by atoms with Crippen LogP contribution in [0, 0.1) is 5.92 Å². The number of aliphatic carboxylic acids is 1. The van der Waals surface area contributed by atoms with Gasteiger partial charge in [0.2, 0.25) is 11.8 Å². The Labute approximate surface area is 164 Å². The largest absolute Gasteiger partial charge is 0.481 e. The van der Waals surface area contributed by atoms with E-state index in [4.69, 9.17) is 0 Å². The molecule has 3 aliphatic heterocycles. The van der Waals surface area contributed by atoms with Gasteiger partial charge in [0.05, 0.1) is 11.5 Å². The second-order valence-corrected chi connectivity index (χ2v) is 8.22. The molecule has 0 aromatic heterocycles. The molecule has 1 spiro atoms. The SMILES string of the molecule is O=C1C[C@H](C(=O)O)C2(CCN(CCC(=O)N3CCc4ccccc4C3)CC2)N1. The molecule has 0 bridgehead atoms. The van der Waals surface area contributed by atoms with Gasteiger partial charge in [-0.1, -0.05) is 24.3 Å². The van der Waals surface area contributed by atoms with Gasteiger partial charge < -0.3 is 20.2 Å². The van der Waals surface area contributed by atoms with Crippen LogP contribution < -0.4 is 5.32 Å². The Kier molecular flexibility index (Phi) is 5.10. The highest BCUT2D eigenvalue weighted by molar-refractivity contribution is 5.88. The smallest absolute Gasteiger partial charge is 0.309 e. The Balaban J connectivity index is 1.27. The highest BCUT2D eigenvalue weighted by Gasteiger charge is 2.51. The van der Waals surface area contributed by atoms with Gasteiger partial charge in [0.25, 0.3) is 0 Å². The summed E-state index contributed by atoms with van der Waals surface area (Å²) in [6.07, 6.45) is 2.71. The number of carbonyl (C=O) groups excluding carboxylic acids is 2. The van der Waals surface area contributed by atoms with Crippen molar-refractivity contribution in [3.8, 4) is 0 Å². The maximum Gasteiger partial charge on any atom is 0.309 e. The molecule has 7 heteroatoms. The first kappa shape index (κ1) is 18.9. The molecule has 0 aliphatic carbocycles. The molecule has 4 rings (SSSR count). The van der Waals surface area contributed by atoms with Gasteiger partial charge in [0.15, 0.2) is 0 Å². The van der Waals surface area contributed by atoms with Crippen LogP contribution in [0.25, 0.3) is 0 Å². The summed E-state index contributed by atoms with van der Waals surface area (Å²) in [5.74, 6) is -1.53. The van der Waals surface area contributed by atoms with Gasteiger partial charge in [0, 0.05) is 45.6 Å². The number of nitrogens with one attached hydrogen (secondary N) is 1. The van der Waals surface area contributed by atoms with Gasteiger partial charge in [0.1, 0.15) is 0 Å². The summed E-state index contributed by atoms with van der Waals surface area (Å²) in [6.45, 7) is 3.55. The minimum Gasteiger partial charge on any atom is -0.481 e.